The summed E-state index contributed by atoms with van der Waals surface area (Å²) >= 11 is 8.04. The van der Waals surface area contributed by atoms with E-state index in [2.05, 4.69) is 14.6 Å². The van der Waals surface area contributed by atoms with Crippen LogP contribution in [0.25, 0.3) is 11.3 Å². The van der Waals surface area contributed by atoms with Gasteiger partial charge in [0, 0.05) is 41.0 Å². The molecule has 2 aromatic carbocycles. The highest BCUT2D eigenvalue weighted by atomic mass is 35.5. The van der Waals surface area contributed by atoms with Crippen LogP contribution in [0.4, 0.5) is 24.5 Å². The van der Waals surface area contributed by atoms with Gasteiger partial charge in [0.05, 0.1) is 16.3 Å². The van der Waals surface area contributed by atoms with E-state index in [0.29, 0.717) is 21.8 Å². The third-order valence-corrected chi connectivity index (χ3v) is 6.77. The maximum absolute atomic E-state index is 12.8. The zero-order valence-electron chi connectivity index (χ0n) is 17.5. The van der Waals surface area contributed by atoms with Gasteiger partial charge in [-0.2, -0.15) is 13.2 Å². The van der Waals surface area contributed by atoms with Gasteiger partial charge in [0.1, 0.15) is 0 Å². The molecule has 1 saturated heterocycles. The standard InChI is InChI=1S/C24H21ClF3N3OS/c25-21-10-7-18(14-20(21)22-11-6-17(15-29-22)24(26,27)28)30-23(32)16-4-8-19(9-5-16)31-12-2-1-3-13-33-31/h4-11,14-15H,1-3,12-13H2,(H,30,32). The maximum atomic E-state index is 12.8. The third kappa shape index (κ3) is 5.81. The molecule has 1 aliphatic rings. The Morgan fingerprint density at radius 2 is 1.82 bits per heavy atom. The molecule has 1 N–H and O–H groups in total. The molecule has 1 amide bonds. The van der Waals surface area contributed by atoms with Gasteiger partial charge in [-0.3, -0.25) is 9.78 Å². The van der Waals surface area contributed by atoms with E-state index < -0.39 is 11.7 Å². The number of nitrogens with one attached hydrogen (secondary N) is 1. The number of nitrogens with zero attached hydrogens (tertiary/aromatic N) is 2. The first-order valence-corrected chi connectivity index (χ1v) is 11.8. The lowest BCUT2D eigenvalue weighted by Crippen LogP contribution is -2.15. The highest BCUT2D eigenvalue weighted by molar-refractivity contribution is 8.00. The van der Waals surface area contributed by atoms with Gasteiger partial charge < -0.3 is 9.62 Å². The van der Waals surface area contributed by atoms with Crippen molar-refractivity contribution in [3.05, 3.63) is 76.9 Å². The Kier molecular flexibility index (Phi) is 7.14. The number of amides is 1. The Bertz CT molecular complexity index is 1110. The summed E-state index contributed by atoms with van der Waals surface area (Å²) in [6.45, 7) is 0.988. The number of alkyl halides is 3. The lowest BCUT2D eigenvalue weighted by Gasteiger charge is -2.21. The molecule has 0 unspecified atom stereocenters. The summed E-state index contributed by atoms with van der Waals surface area (Å²) in [5, 5.41) is 3.14. The third-order valence-electron chi connectivity index (χ3n) is 5.26. The minimum atomic E-state index is -4.47. The van der Waals surface area contributed by atoms with Gasteiger partial charge in [-0.1, -0.05) is 18.0 Å². The Balaban J connectivity index is 1.48. The number of aromatic nitrogens is 1. The van der Waals surface area contributed by atoms with Gasteiger partial charge in [0.15, 0.2) is 0 Å². The summed E-state index contributed by atoms with van der Waals surface area (Å²) in [6.07, 6.45) is -0.0998. The van der Waals surface area contributed by atoms with Crippen LogP contribution in [-0.2, 0) is 6.18 Å². The number of halogens is 4. The molecule has 9 heteroatoms. The van der Waals surface area contributed by atoms with Gasteiger partial charge in [0.25, 0.3) is 5.91 Å². The number of benzene rings is 2. The van der Waals surface area contributed by atoms with Crippen LogP contribution in [0.3, 0.4) is 0 Å². The number of carbonyl (C=O) groups is 1. The highest BCUT2D eigenvalue weighted by Crippen LogP contribution is 2.33. The van der Waals surface area contributed by atoms with E-state index in [4.69, 9.17) is 11.6 Å². The Morgan fingerprint density at radius 3 is 2.52 bits per heavy atom. The summed E-state index contributed by atoms with van der Waals surface area (Å²) in [7, 11) is 0. The van der Waals surface area contributed by atoms with E-state index in [9.17, 15) is 18.0 Å². The maximum Gasteiger partial charge on any atom is 0.417 e. The second kappa shape index (κ2) is 10.1. The molecule has 0 bridgehead atoms. The molecule has 3 aromatic rings. The quantitative estimate of drug-likeness (QED) is 0.388. The lowest BCUT2D eigenvalue weighted by atomic mass is 10.1. The SMILES string of the molecule is O=C(Nc1ccc(Cl)c(-c2ccc(C(F)(F)F)cn2)c1)c1ccc(N2CCCCCS2)cc1. The lowest BCUT2D eigenvalue weighted by molar-refractivity contribution is -0.137. The van der Waals surface area contributed by atoms with Gasteiger partial charge in [-0.25, -0.2) is 0 Å². The van der Waals surface area contributed by atoms with E-state index in [1.54, 1.807) is 30.3 Å². The van der Waals surface area contributed by atoms with E-state index in [1.165, 1.54) is 18.9 Å². The molecule has 1 aromatic heterocycles. The van der Waals surface area contributed by atoms with Gasteiger partial charge in [-0.15, -0.1) is 0 Å². The monoisotopic (exact) mass is 491 g/mol. The van der Waals surface area contributed by atoms with Crippen molar-refractivity contribution in [1.29, 1.82) is 0 Å². The van der Waals surface area contributed by atoms with E-state index in [1.807, 2.05) is 24.1 Å². The number of pyridine rings is 1. The first-order valence-electron chi connectivity index (χ1n) is 10.5. The molecule has 33 heavy (non-hydrogen) atoms. The van der Waals surface area contributed by atoms with Crippen molar-refractivity contribution < 1.29 is 18.0 Å². The Labute approximate surface area is 199 Å². The minimum Gasteiger partial charge on any atom is -0.322 e. The molecular weight excluding hydrogens is 471 g/mol. The Hall–Kier alpha value is -2.71. The predicted octanol–water partition coefficient (Wildman–Crippen LogP) is 7.31. The average molecular weight is 492 g/mol. The summed E-state index contributed by atoms with van der Waals surface area (Å²) in [4.78, 5) is 16.6. The van der Waals surface area contributed by atoms with Crippen LogP contribution in [0.5, 0.6) is 0 Å². The number of rotatable bonds is 4. The molecule has 2 heterocycles. The normalized spacial score (nSPS) is 14.6. The first-order chi connectivity index (χ1) is 15.8. The number of hydrogen-bond acceptors (Lipinski definition) is 4. The number of anilines is 2. The molecule has 4 rings (SSSR count). The second-order valence-electron chi connectivity index (χ2n) is 7.62. The second-order valence-corrected chi connectivity index (χ2v) is 9.14. The van der Waals surface area contributed by atoms with Crippen molar-refractivity contribution in [1.82, 2.24) is 4.98 Å². The van der Waals surface area contributed by atoms with Crippen molar-refractivity contribution in [2.75, 3.05) is 21.9 Å². The van der Waals surface area contributed by atoms with Crippen molar-refractivity contribution in [3.8, 4) is 11.3 Å². The smallest absolute Gasteiger partial charge is 0.322 e. The number of carbonyl (C=O) groups excluding carboxylic acids is 1. The van der Waals surface area contributed by atoms with Crippen molar-refractivity contribution in [3.63, 3.8) is 0 Å². The Morgan fingerprint density at radius 1 is 1.03 bits per heavy atom. The molecule has 0 atom stereocenters. The molecule has 0 saturated carbocycles. The van der Waals surface area contributed by atoms with Crippen LogP contribution in [0.15, 0.2) is 60.8 Å². The molecule has 172 valence electrons. The first kappa shape index (κ1) is 23.4. The zero-order chi connectivity index (χ0) is 23.4. The highest BCUT2D eigenvalue weighted by Gasteiger charge is 2.30. The van der Waals surface area contributed by atoms with Crippen LogP contribution in [-0.4, -0.2) is 23.2 Å². The van der Waals surface area contributed by atoms with Gasteiger partial charge in [0.2, 0.25) is 0 Å². The van der Waals surface area contributed by atoms with E-state index in [0.717, 1.165) is 36.7 Å². The predicted molar refractivity (Wildman–Crippen MR) is 128 cm³/mol. The minimum absolute atomic E-state index is 0.281. The summed E-state index contributed by atoms with van der Waals surface area (Å²) in [5.41, 5.74) is 1.91. The molecule has 4 nitrogen and oxygen atoms in total. The van der Waals surface area contributed by atoms with Gasteiger partial charge >= 0.3 is 6.18 Å². The fraction of sp³-hybridized carbons (Fsp3) is 0.250. The van der Waals surface area contributed by atoms with Crippen LogP contribution in [0, 0.1) is 0 Å². The number of hydrogen-bond donors (Lipinski definition) is 1. The van der Waals surface area contributed by atoms with Crippen LogP contribution in [0.2, 0.25) is 5.02 Å². The topological polar surface area (TPSA) is 45.2 Å². The largest absolute Gasteiger partial charge is 0.417 e. The molecule has 1 aliphatic heterocycles. The van der Waals surface area contributed by atoms with Crippen molar-refractivity contribution in [2.24, 2.45) is 0 Å². The fourth-order valence-electron chi connectivity index (χ4n) is 3.48. The van der Waals surface area contributed by atoms with Crippen LogP contribution < -0.4 is 9.62 Å². The van der Waals surface area contributed by atoms with Crippen molar-refractivity contribution >= 4 is 40.8 Å². The average Bonchev–Trinajstić information content (AvgIpc) is 3.10. The summed E-state index contributed by atoms with van der Waals surface area (Å²) in [6, 6.07) is 14.5. The fourth-order valence-corrected chi connectivity index (χ4v) is 4.78. The summed E-state index contributed by atoms with van der Waals surface area (Å²) < 4.78 is 40.7. The van der Waals surface area contributed by atoms with Crippen LogP contribution in [0.1, 0.15) is 35.2 Å². The molecule has 0 spiro atoms. The van der Waals surface area contributed by atoms with E-state index in [-0.39, 0.29) is 11.6 Å². The molecule has 1 fully saturated rings. The molecule has 0 aliphatic carbocycles. The zero-order valence-corrected chi connectivity index (χ0v) is 19.1. The summed E-state index contributed by atoms with van der Waals surface area (Å²) in [5.74, 6) is 0.799. The van der Waals surface area contributed by atoms with E-state index >= 15 is 0 Å². The molecule has 0 radical (unpaired) electrons. The van der Waals surface area contributed by atoms with Crippen LogP contribution >= 0.6 is 23.5 Å². The molecular formula is C24H21ClF3N3OS. The van der Waals surface area contributed by atoms with Gasteiger partial charge in [-0.05, 0) is 79.4 Å². The van der Waals surface area contributed by atoms with Crippen molar-refractivity contribution in [2.45, 2.75) is 25.4 Å².